The number of rotatable bonds is 7. The summed E-state index contributed by atoms with van der Waals surface area (Å²) in [4.78, 5) is 0. The Balaban J connectivity index is 2.76. The normalized spacial score (nSPS) is 20.0. The predicted molar refractivity (Wildman–Crippen MR) is 94.7 cm³/mol. The summed E-state index contributed by atoms with van der Waals surface area (Å²) < 4.78 is 0. The van der Waals surface area contributed by atoms with Crippen LogP contribution in [-0.4, -0.2) is 0 Å². The number of hydrogen-bond donors (Lipinski definition) is 1. The van der Waals surface area contributed by atoms with Crippen molar-refractivity contribution in [2.24, 2.45) is 11.8 Å². The lowest BCUT2D eigenvalue weighted by molar-refractivity contribution is 0.472. The Morgan fingerprint density at radius 3 is 2.62 bits per heavy atom. The minimum absolute atomic E-state index is 0.379. The van der Waals surface area contributed by atoms with Gasteiger partial charge in [0.15, 0.2) is 0 Å². The molecule has 0 saturated carbocycles. The lowest BCUT2D eigenvalue weighted by atomic mass is 9.83. The SMILES string of the molecule is C=C/C=C(\C=C/C)C1=CCC(C(C)C(=C)NC(=C)C)C=C1. The van der Waals surface area contributed by atoms with Crippen molar-refractivity contribution in [3.8, 4) is 0 Å². The van der Waals surface area contributed by atoms with Gasteiger partial charge < -0.3 is 5.32 Å². The Bertz CT molecular complexity index is 526. The number of allylic oxidation sites excluding steroid dienone is 11. The van der Waals surface area contributed by atoms with Crippen molar-refractivity contribution in [1.82, 2.24) is 5.32 Å². The summed E-state index contributed by atoms with van der Waals surface area (Å²) in [6, 6.07) is 0. The van der Waals surface area contributed by atoms with Gasteiger partial charge in [0.2, 0.25) is 0 Å². The third-order valence-electron chi connectivity index (χ3n) is 3.68. The van der Waals surface area contributed by atoms with E-state index in [0.717, 1.165) is 17.8 Å². The summed E-state index contributed by atoms with van der Waals surface area (Å²) >= 11 is 0. The summed E-state index contributed by atoms with van der Waals surface area (Å²) in [6.07, 6.45) is 15.8. The van der Waals surface area contributed by atoms with E-state index in [4.69, 9.17) is 0 Å². The zero-order chi connectivity index (χ0) is 15.8. The maximum absolute atomic E-state index is 4.12. The molecule has 1 rings (SSSR count). The lowest BCUT2D eigenvalue weighted by Gasteiger charge is -2.25. The minimum Gasteiger partial charge on any atom is -0.363 e. The highest BCUT2D eigenvalue weighted by atomic mass is 14.9. The minimum atomic E-state index is 0.379. The third-order valence-corrected chi connectivity index (χ3v) is 3.68. The van der Waals surface area contributed by atoms with Gasteiger partial charge >= 0.3 is 0 Å². The van der Waals surface area contributed by atoms with Crippen molar-refractivity contribution in [3.05, 3.63) is 84.8 Å². The summed E-state index contributed by atoms with van der Waals surface area (Å²) in [7, 11) is 0. The second kappa shape index (κ2) is 8.31. The van der Waals surface area contributed by atoms with Gasteiger partial charge in [-0.15, -0.1) is 0 Å². The molecule has 1 aliphatic carbocycles. The van der Waals surface area contributed by atoms with Crippen molar-refractivity contribution in [2.75, 3.05) is 0 Å². The fourth-order valence-electron chi connectivity index (χ4n) is 2.42. The summed E-state index contributed by atoms with van der Waals surface area (Å²) in [5, 5.41) is 3.24. The van der Waals surface area contributed by atoms with Crippen molar-refractivity contribution >= 4 is 0 Å². The quantitative estimate of drug-likeness (QED) is 0.612. The van der Waals surface area contributed by atoms with Gasteiger partial charge in [-0.3, -0.25) is 0 Å². The smallest absolute Gasteiger partial charge is 0.0110 e. The van der Waals surface area contributed by atoms with Crippen LogP contribution in [0.15, 0.2) is 84.8 Å². The molecule has 0 aliphatic heterocycles. The van der Waals surface area contributed by atoms with Gasteiger partial charge in [0, 0.05) is 17.3 Å². The summed E-state index contributed by atoms with van der Waals surface area (Å²) in [5.41, 5.74) is 4.43. The maximum Gasteiger partial charge on any atom is 0.0110 e. The van der Waals surface area contributed by atoms with Crippen LogP contribution in [0.25, 0.3) is 0 Å². The molecule has 2 atom stereocenters. The molecule has 112 valence electrons. The van der Waals surface area contributed by atoms with Crippen LogP contribution in [0.2, 0.25) is 0 Å². The van der Waals surface area contributed by atoms with Gasteiger partial charge in [0.25, 0.3) is 0 Å². The van der Waals surface area contributed by atoms with Gasteiger partial charge in [0.05, 0.1) is 0 Å². The maximum atomic E-state index is 4.12. The molecule has 1 nitrogen and oxygen atoms in total. The van der Waals surface area contributed by atoms with E-state index in [1.807, 2.05) is 26.0 Å². The van der Waals surface area contributed by atoms with Gasteiger partial charge in [-0.1, -0.05) is 69.2 Å². The van der Waals surface area contributed by atoms with Crippen LogP contribution in [0.1, 0.15) is 27.2 Å². The molecule has 1 aliphatic rings. The summed E-state index contributed by atoms with van der Waals surface area (Å²) in [5.74, 6) is 0.855. The van der Waals surface area contributed by atoms with Crippen LogP contribution in [0.4, 0.5) is 0 Å². The van der Waals surface area contributed by atoms with Crippen molar-refractivity contribution in [3.63, 3.8) is 0 Å². The third kappa shape index (κ3) is 5.11. The highest BCUT2D eigenvalue weighted by molar-refractivity contribution is 5.49. The molecule has 0 aromatic rings. The van der Waals surface area contributed by atoms with Gasteiger partial charge in [-0.25, -0.2) is 0 Å². The van der Waals surface area contributed by atoms with E-state index in [0.29, 0.717) is 11.8 Å². The second-order valence-corrected chi connectivity index (χ2v) is 5.50. The first-order valence-electron chi connectivity index (χ1n) is 7.45. The van der Waals surface area contributed by atoms with Crippen LogP contribution in [0, 0.1) is 11.8 Å². The Morgan fingerprint density at radius 1 is 1.43 bits per heavy atom. The van der Waals surface area contributed by atoms with Crippen LogP contribution < -0.4 is 5.32 Å². The highest BCUT2D eigenvalue weighted by Crippen LogP contribution is 2.29. The lowest BCUT2D eigenvalue weighted by Crippen LogP contribution is -2.21. The average molecular weight is 281 g/mol. The van der Waals surface area contributed by atoms with Crippen molar-refractivity contribution in [2.45, 2.75) is 27.2 Å². The molecule has 0 fully saturated rings. The van der Waals surface area contributed by atoms with Crippen LogP contribution in [0.5, 0.6) is 0 Å². The molecule has 2 unspecified atom stereocenters. The van der Waals surface area contributed by atoms with E-state index in [1.165, 1.54) is 11.1 Å². The summed E-state index contributed by atoms with van der Waals surface area (Å²) in [6.45, 7) is 18.0. The van der Waals surface area contributed by atoms with Crippen molar-refractivity contribution in [1.29, 1.82) is 0 Å². The molecular formula is C20H27N. The monoisotopic (exact) mass is 281 g/mol. The van der Waals surface area contributed by atoms with Gasteiger partial charge in [-0.2, -0.15) is 0 Å². The topological polar surface area (TPSA) is 12.0 Å². The Morgan fingerprint density at radius 2 is 2.14 bits per heavy atom. The predicted octanol–water partition coefficient (Wildman–Crippen LogP) is 5.45. The first-order valence-corrected chi connectivity index (χ1v) is 7.45. The van der Waals surface area contributed by atoms with E-state index < -0.39 is 0 Å². The molecule has 0 heterocycles. The fourth-order valence-corrected chi connectivity index (χ4v) is 2.42. The molecule has 0 amide bonds. The van der Waals surface area contributed by atoms with E-state index in [9.17, 15) is 0 Å². The second-order valence-electron chi connectivity index (χ2n) is 5.50. The largest absolute Gasteiger partial charge is 0.363 e. The van der Waals surface area contributed by atoms with Gasteiger partial charge in [0.1, 0.15) is 0 Å². The Kier molecular flexibility index (Phi) is 6.74. The van der Waals surface area contributed by atoms with Crippen molar-refractivity contribution < 1.29 is 0 Å². The molecule has 0 bridgehead atoms. The van der Waals surface area contributed by atoms with Crippen LogP contribution in [-0.2, 0) is 0 Å². The number of hydrogen-bond acceptors (Lipinski definition) is 1. The zero-order valence-electron chi connectivity index (χ0n) is 13.5. The fraction of sp³-hybridized carbons (Fsp3) is 0.300. The zero-order valence-corrected chi connectivity index (χ0v) is 13.5. The molecule has 0 aromatic carbocycles. The molecule has 0 saturated heterocycles. The molecule has 1 N–H and O–H groups in total. The van der Waals surface area contributed by atoms with Crippen LogP contribution >= 0.6 is 0 Å². The van der Waals surface area contributed by atoms with E-state index >= 15 is 0 Å². The molecule has 0 aromatic heterocycles. The van der Waals surface area contributed by atoms with E-state index in [2.05, 4.69) is 62.4 Å². The number of nitrogens with one attached hydrogen (secondary N) is 1. The molecule has 1 heteroatoms. The highest BCUT2D eigenvalue weighted by Gasteiger charge is 2.19. The standard InChI is InChI=1S/C20H27N/c1-7-9-19(10-8-2)20-13-11-18(12-14-20)16(5)17(6)21-15(3)4/h7-11,13-14,16,18,21H,1,3,6,12H2,2,4-5H3/b10-8-,19-9+. The molecule has 0 radical (unpaired) electrons. The molecule has 0 spiro atoms. The van der Waals surface area contributed by atoms with E-state index in [1.54, 1.807) is 0 Å². The average Bonchev–Trinajstić information content (AvgIpc) is 2.46. The van der Waals surface area contributed by atoms with Crippen LogP contribution in [0.3, 0.4) is 0 Å². The molecular weight excluding hydrogens is 254 g/mol. The first-order chi connectivity index (χ1) is 9.99. The Hall–Kier alpha value is -2.02. The first kappa shape index (κ1) is 17.0. The van der Waals surface area contributed by atoms with E-state index in [-0.39, 0.29) is 0 Å². The Labute approximate surface area is 129 Å². The molecule has 21 heavy (non-hydrogen) atoms. The van der Waals surface area contributed by atoms with Gasteiger partial charge in [-0.05, 0) is 37.3 Å².